The number of ether oxygens (including phenoxy) is 1. The van der Waals surface area contributed by atoms with Crippen molar-refractivity contribution in [1.29, 1.82) is 0 Å². The molecule has 1 aliphatic heterocycles. The fraction of sp³-hybridized carbons (Fsp3) is 0.353. The van der Waals surface area contributed by atoms with E-state index >= 15 is 0 Å². The standard InChI is InChI=1S/C17H18N2O4S/c1-17(16(21)22)7-8-19(11-17)15(20)13-9-18-14(24-13)10-23-12-5-3-2-4-6-12/h2-6,9H,7-8,10-11H2,1H3,(H,21,22). The van der Waals surface area contributed by atoms with E-state index in [4.69, 9.17) is 4.74 Å². The van der Waals surface area contributed by atoms with Gasteiger partial charge in [0.15, 0.2) is 0 Å². The maximum absolute atomic E-state index is 12.5. The summed E-state index contributed by atoms with van der Waals surface area (Å²) in [5, 5.41) is 9.97. The topological polar surface area (TPSA) is 79.7 Å². The molecule has 24 heavy (non-hydrogen) atoms. The summed E-state index contributed by atoms with van der Waals surface area (Å²) in [5.41, 5.74) is -0.862. The highest BCUT2D eigenvalue weighted by molar-refractivity contribution is 7.13. The molecule has 126 valence electrons. The number of aliphatic carboxylic acids is 1. The first-order chi connectivity index (χ1) is 11.5. The molecule has 1 N–H and O–H groups in total. The second-order valence-corrected chi connectivity index (χ2v) is 7.18. The van der Waals surface area contributed by atoms with Gasteiger partial charge in [-0.2, -0.15) is 0 Å². The highest BCUT2D eigenvalue weighted by Crippen LogP contribution is 2.31. The third-order valence-electron chi connectivity index (χ3n) is 4.15. The number of thiazole rings is 1. The summed E-state index contributed by atoms with van der Waals surface area (Å²) in [6.45, 7) is 2.66. The van der Waals surface area contributed by atoms with Crippen LogP contribution in [0.4, 0.5) is 0 Å². The van der Waals surface area contributed by atoms with Crippen LogP contribution in [0, 0.1) is 5.41 Å². The van der Waals surface area contributed by atoms with E-state index in [0.717, 1.165) is 5.75 Å². The lowest BCUT2D eigenvalue weighted by Crippen LogP contribution is -2.34. The zero-order valence-corrected chi connectivity index (χ0v) is 14.1. The van der Waals surface area contributed by atoms with Gasteiger partial charge in [-0.25, -0.2) is 4.98 Å². The minimum atomic E-state index is -0.862. The van der Waals surface area contributed by atoms with Crippen LogP contribution < -0.4 is 4.74 Å². The molecule has 0 aliphatic carbocycles. The molecule has 7 heteroatoms. The lowest BCUT2D eigenvalue weighted by molar-refractivity contribution is -0.147. The largest absolute Gasteiger partial charge is 0.486 e. The first kappa shape index (κ1) is 16.4. The van der Waals surface area contributed by atoms with Crippen LogP contribution >= 0.6 is 11.3 Å². The molecule has 1 aliphatic rings. The molecular weight excluding hydrogens is 328 g/mol. The summed E-state index contributed by atoms with van der Waals surface area (Å²) >= 11 is 1.28. The zero-order valence-electron chi connectivity index (χ0n) is 13.3. The number of benzene rings is 1. The number of carbonyl (C=O) groups excluding carboxylic acids is 1. The van der Waals surface area contributed by atoms with Crippen LogP contribution in [-0.4, -0.2) is 40.0 Å². The Morgan fingerprint density at radius 3 is 2.79 bits per heavy atom. The number of carbonyl (C=O) groups is 2. The SMILES string of the molecule is CC1(C(=O)O)CCN(C(=O)c2cnc(COc3ccccc3)s2)C1. The van der Waals surface area contributed by atoms with Crippen molar-refractivity contribution in [2.75, 3.05) is 13.1 Å². The number of carboxylic acid groups (broad SMARTS) is 1. The second-order valence-electron chi connectivity index (χ2n) is 6.06. The minimum absolute atomic E-state index is 0.163. The van der Waals surface area contributed by atoms with Crippen LogP contribution in [0.3, 0.4) is 0 Å². The van der Waals surface area contributed by atoms with Crippen molar-refractivity contribution in [3.05, 3.63) is 46.4 Å². The summed E-state index contributed by atoms with van der Waals surface area (Å²) in [7, 11) is 0. The van der Waals surface area contributed by atoms with Crippen molar-refractivity contribution >= 4 is 23.2 Å². The number of para-hydroxylation sites is 1. The van der Waals surface area contributed by atoms with Gasteiger partial charge in [0, 0.05) is 13.1 Å². The Labute approximate surface area is 143 Å². The molecule has 0 radical (unpaired) electrons. The van der Waals surface area contributed by atoms with Gasteiger partial charge in [-0.05, 0) is 25.5 Å². The van der Waals surface area contributed by atoms with Crippen LogP contribution in [-0.2, 0) is 11.4 Å². The molecule has 6 nitrogen and oxygen atoms in total. The number of hydrogen-bond acceptors (Lipinski definition) is 5. The lowest BCUT2D eigenvalue weighted by Gasteiger charge is -2.19. The van der Waals surface area contributed by atoms with Crippen LogP contribution in [0.5, 0.6) is 5.75 Å². The second kappa shape index (κ2) is 6.60. The minimum Gasteiger partial charge on any atom is -0.486 e. The van der Waals surface area contributed by atoms with E-state index in [1.165, 1.54) is 17.5 Å². The average molecular weight is 346 g/mol. The summed E-state index contributed by atoms with van der Waals surface area (Å²) in [6.07, 6.45) is 2.00. The van der Waals surface area contributed by atoms with Gasteiger partial charge in [0.1, 0.15) is 22.2 Å². The van der Waals surface area contributed by atoms with Gasteiger partial charge in [0.25, 0.3) is 5.91 Å². The van der Waals surface area contributed by atoms with E-state index in [-0.39, 0.29) is 12.5 Å². The number of hydrogen-bond donors (Lipinski definition) is 1. The van der Waals surface area contributed by atoms with Gasteiger partial charge in [-0.3, -0.25) is 9.59 Å². The molecule has 1 amide bonds. The molecule has 3 rings (SSSR count). The third kappa shape index (κ3) is 3.41. The highest BCUT2D eigenvalue weighted by atomic mass is 32.1. The van der Waals surface area contributed by atoms with Gasteiger partial charge in [-0.15, -0.1) is 11.3 Å². The number of nitrogens with zero attached hydrogens (tertiary/aromatic N) is 2. The Balaban J connectivity index is 1.61. The molecule has 1 atom stereocenters. The summed E-state index contributed by atoms with van der Waals surface area (Å²) < 4.78 is 5.62. The van der Waals surface area contributed by atoms with Gasteiger partial charge in [-0.1, -0.05) is 18.2 Å². The third-order valence-corrected chi connectivity index (χ3v) is 5.11. The lowest BCUT2D eigenvalue weighted by atomic mass is 9.90. The van der Waals surface area contributed by atoms with Crippen LogP contribution in [0.25, 0.3) is 0 Å². The average Bonchev–Trinajstić information content (AvgIpc) is 3.21. The van der Waals surface area contributed by atoms with E-state index in [2.05, 4.69) is 4.98 Å². The van der Waals surface area contributed by atoms with Crippen molar-refractivity contribution in [3.63, 3.8) is 0 Å². The first-order valence-corrected chi connectivity index (χ1v) is 8.45. The Bertz CT molecular complexity index is 746. The van der Waals surface area contributed by atoms with Crippen molar-refractivity contribution in [2.45, 2.75) is 20.0 Å². The molecule has 0 bridgehead atoms. The number of rotatable bonds is 5. The Kier molecular flexibility index (Phi) is 4.53. The molecule has 1 unspecified atom stereocenters. The van der Waals surface area contributed by atoms with Crippen molar-refractivity contribution in [1.82, 2.24) is 9.88 Å². The molecule has 2 heterocycles. The van der Waals surface area contributed by atoms with Gasteiger partial charge < -0.3 is 14.7 Å². The van der Waals surface area contributed by atoms with Crippen LogP contribution in [0.15, 0.2) is 36.5 Å². The summed E-state index contributed by atoms with van der Waals surface area (Å²) in [5.74, 6) is -0.278. The fourth-order valence-electron chi connectivity index (χ4n) is 2.60. The predicted molar refractivity (Wildman–Crippen MR) is 89.2 cm³/mol. The van der Waals surface area contributed by atoms with E-state index < -0.39 is 11.4 Å². The number of carboxylic acids is 1. The maximum Gasteiger partial charge on any atom is 0.311 e. The van der Waals surface area contributed by atoms with Crippen LogP contribution in [0.1, 0.15) is 28.0 Å². The number of aromatic nitrogens is 1. The van der Waals surface area contributed by atoms with E-state index in [1.54, 1.807) is 11.8 Å². The zero-order chi connectivity index (χ0) is 17.2. The highest BCUT2D eigenvalue weighted by Gasteiger charge is 2.42. The fourth-order valence-corrected chi connectivity index (χ4v) is 3.40. The van der Waals surface area contributed by atoms with E-state index in [0.29, 0.717) is 29.5 Å². The first-order valence-electron chi connectivity index (χ1n) is 7.63. The van der Waals surface area contributed by atoms with Gasteiger partial charge in [0.05, 0.1) is 11.6 Å². The number of likely N-dealkylation sites (tertiary alicyclic amines) is 1. The smallest absolute Gasteiger partial charge is 0.311 e. The normalized spacial score (nSPS) is 20.1. The van der Waals surface area contributed by atoms with Crippen molar-refractivity contribution in [3.8, 4) is 5.75 Å². The quantitative estimate of drug-likeness (QED) is 0.900. The predicted octanol–water partition coefficient (Wildman–Crippen LogP) is 2.66. The molecular formula is C17H18N2O4S. The molecule has 1 saturated heterocycles. The molecule has 2 aromatic rings. The van der Waals surface area contributed by atoms with E-state index in [9.17, 15) is 14.7 Å². The summed E-state index contributed by atoms with van der Waals surface area (Å²) in [4.78, 5) is 30.1. The van der Waals surface area contributed by atoms with Crippen LogP contribution in [0.2, 0.25) is 0 Å². The Hall–Kier alpha value is -2.41. The maximum atomic E-state index is 12.5. The Morgan fingerprint density at radius 1 is 1.38 bits per heavy atom. The molecule has 1 aromatic carbocycles. The molecule has 1 fully saturated rings. The summed E-state index contributed by atoms with van der Waals surface area (Å²) in [6, 6.07) is 9.40. The van der Waals surface area contributed by atoms with Gasteiger partial charge >= 0.3 is 5.97 Å². The molecule has 1 aromatic heterocycles. The molecule has 0 saturated carbocycles. The molecule has 0 spiro atoms. The van der Waals surface area contributed by atoms with Crippen molar-refractivity contribution in [2.24, 2.45) is 5.41 Å². The van der Waals surface area contributed by atoms with E-state index in [1.807, 2.05) is 30.3 Å². The van der Waals surface area contributed by atoms with Crippen molar-refractivity contribution < 1.29 is 19.4 Å². The Morgan fingerprint density at radius 2 is 2.12 bits per heavy atom. The monoisotopic (exact) mass is 346 g/mol. The van der Waals surface area contributed by atoms with Gasteiger partial charge in [0.2, 0.25) is 0 Å². The number of amides is 1.